The minimum absolute atomic E-state index is 0.0375. The van der Waals surface area contributed by atoms with Gasteiger partial charge in [-0.25, -0.2) is 9.79 Å². The van der Waals surface area contributed by atoms with Gasteiger partial charge in [0.1, 0.15) is 0 Å². The molecule has 9 nitrogen and oxygen atoms in total. The highest BCUT2D eigenvalue weighted by molar-refractivity contribution is 8.16. The highest BCUT2D eigenvalue weighted by Crippen LogP contribution is 2.45. The summed E-state index contributed by atoms with van der Waals surface area (Å²) in [7, 11) is 1.31. The van der Waals surface area contributed by atoms with Gasteiger partial charge >= 0.3 is 5.97 Å². The number of methoxy groups -OCH3 is 1. The number of carbonyl (C=O) groups is 2. The number of aliphatic imine (C=N–C) groups is 1. The number of likely N-dealkylation sites (tertiary alicyclic amines) is 1. The Morgan fingerprint density at radius 1 is 1.26 bits per heavy atom. The van der Waals surface area contributed by atoms with Crippen molar-refractivity contribution in [3.63, 3.8) is 0 Å². The van der Waals surface area contributed by atoms with Crippen molar-refractivity contribution in [2.75, 3.05) is 20.2 Å². The lowest BCUT2D eigenvalue weighted by atomic mass is 9.93. The van der Waals surface area contributed by atoms with Gasteiger partial charge < -0.3 is 14.5 Å². The maximum absolute atomic E-state index is 12.8. The van der Waals surface area contributed by atoms with Crippen LogP contribution in [0.4, 0.5) is 5.69 Å². The Bertz CT molecular complexity index is 1020. The molecule has 0 radical (unpaired) electrons. The number of nitrogens with zero attached hydrogens (tertiary/aromatic N) is 4. The Kier molecular flexibility index (Phi) is 5.81. The number of thioether (sulfide) groups is 1. The number of esters is 1. The maximum Gasteiger partial charge on any atom is 0.338 e. The molecule has 1 aromatic rings. The molecule has 162 valence electrons. The summed E-state index contributed by atoms with van der Waals surface area (Å²) in [4.78, 5) is 44.4. The fraction of sp³-hybridized carbons (Fsp3) is 0.381. The van der Waals surface area contributed by atoms with Gasteiger partial charge in [-0.15, -0.1) is 0 Å². The molecule has 31 heavy (non-hydrogen) atoms. The summed E-state index contributed by atoms with van der Waals surface area (Å²) in [6, 6.07) is 5.49. The summed E-state index contributed by atoms with van der Waals surface area (Å²) in [6.45, 7) is 3.26. The van der Waals surface area contributed by atoms with Crippen molar-refractivity contribution in [1.29, 1.82) is 0 Å². The van der Waals surface area contributed by atoms with Gasteiger partial charge in [0.05, 0.1) is 35.8 Å². The predicted octanol–water partition coefficient (Wildman–Crippen LogP) is 3.36. The standard InChI is InChI=1S/C21H22N4O5S/c1-13-18(20(27)30-2)19(14-5-7-15(8-6-14)25(28)29)24-16(12-31-21(24)22-13)11-17(26)23-9-3-4-10-23/h5-8,12,19H,3-4,9-11H2,1-2H3. The SMILES string of the molecule is COC(=O)C1=C(C)N=C2SC=C(CC(=O)N3CCCC3)N2C1c1ccc([N+](=O)[O-])cc1. The Balaban J connectivity index is 1.72. The average Bonchev–Trinajstić information content (AvgIpc) is 3.43. The molecule has 1 saturated heterocycles. The van der Waals surface area contributed by atoms with Crippen LogP contribution in [0.2, 0.25) is 0 Å². The number of fused-ring (bicyclic) bond motifs is 1. The third kappa shape index (κ3) is 3.95. The molecule has 0 spiro atoms. The molecule has 1 fully saturated rings. The Morgan fingerprint density at radius 2 is 1.94 bits per heavy atom. The largest absolute Gasteiger partial charge is 0.466 e. The lowest BCUT2D eigenvalue weighted by molar-refractivity contribution is -0.384. The van der Waals surface area contributed by atoms with E-state index in [1.807, 2.05) is 15.2 Å². The van der Waals surface area contributed by atoms with E-state index >= 15 is 0 Å². The van der Waals surface area contributed by atoms with Crippen LogP contribution in [0.1, 0.15) is 37.8 Å². The number of rotatable bonds is 5. The quantitative estimate of drug-likeness (QED) is 0.391. The number of allylic oxidation sites excluding steroid dienone is 1. The van der Waals surface area contributed by atoms with Crippen molar-refractivity contribution in [1.82, 2.24) is 9.80 Å². The molecule has 10 heteroatoms. The summed E-state index contributed by atoms with van der Waals surface area (Å²) >= 11 is 1.40. The van der Waals surface area contributed by atoms with Crippen molar-refractivity contribution < 1.29 is 19.2 Å². The van der Waals surface area contributed by atoms with Crippen molar-refractivity contribution >= 4 is 34.5 Å². The smallest absolute Gasteiger partial charge is 0.338 e. The number of ether oxygens (including phenoxy) is 1. The molecule has 0 N–H and O–H groups in total. The molecular weight excluding hydrogens is 420 g/mol. The predicted molar refractivity (Wildman–Crippen MR) is 116 cm³/mol. The number of nitro groups is 1. The van der Waals surface area contributed by atoms with Gasteiger partial charge in [-0.2, -0.15) is 0 Å². The average molecular weight is 442 g/mol. The van der Waals surface area contributed by atoms with E-state index in [1.54, 1.807) is 19.1 Å². The zero-order chi connectivity index (χ0) is 22.1. The first-order valence-electron chi connectivity index (χ1n) is 9.95. The van der Waals surface area contributed by atoms with E-state index < -0.39 is 16.9 Å². The molecule has 1 unspecified atom stereocenters. The van der Waals surface area contributed by atoms with E-state index in [0.717, 1.165) is 31.6 Å². The molecule has 0 bridgehead atoms. The van der Waals surface area contributed by atoms with E-state index in [2.05, 4.69) is 4.99 Å². The van der Waals surface area contributed by atoms with E-state index in [9.17, 15) is 19.7 Å². The minimum Gasteiger partial charge on any atom is -0.466 e. The second-order valence-corrected chi connectivity index (χ2v) is 8.33. The molecule has 3 aliphatic rings. The number of amides is 1. The Hall–Kier alpha value is -3.14. The lowest BCUT2D eigenvalue weighted by Crippen LogP contribution is -2.38. The number of amidine groups is 1. The minimum atomic E-state index is -0.589. The first-order valence-corrected chi connectivity index (χ1v) is 10.8. The highest BCUT2D eigenvalue weighted by atomic mass is 32.2. The first kappa shape index (κ1) is 21.1. The third-order valence-corrected chi connectivity index (χ3v) is 6.51. The second-order valence-electron chi connectivity index (χ2n) is 7.50. The van der Waals surface area contributed by atoms with E-state index in [4.69, 9.17) is 4.74 Å². The normalized spacial score (nSPS) is 20.4. The van der Waals surface area contributed by atoms with Crippen LogP contribution in [0.3, 0.4) is 0 Å². The Labute approximate surface area is 183 Å². The van der Waals surface area contributed by atoms with E-state index in [-0.39, 0.29) is 18.0 Å². The number of non-ortho nitro benzene ring substituents is 1. The highest BCUT2D eigenvalue weighted by Gasteiger charge is 2.41. The van der Waals surface area contributed by atoms with Crippen LogP contribution in [-0.2, 0) is 14.3 Å². The summed E-state index contributed by atoms with van der Waals surface area (Å²) in [5, 5.41) is 13.6. The summed E-state index contributed by atoms with van der Waals surface area (Å²) in [5.74, 6) is -0.482. The number of hydrogen-bond donors (Lipinski definition) is 0. The Morgan fingerprint density at radius 3 is 2.55 bits per heavy atom. The second kappa shape index (κ2) is 8.54. The van der Waals surface area contributed by atoms with Crippen LogP contribution in [0.25, 0.3) is 0 Å². The fourth-order valence-corrected chi connectivity index (χ4v) is 5.03. The third-order valence-electron chi connectivity index (χ3n) is 5.62. The first-order chi connectivity index (χ1) is 14.9. The molecule has 3 aliphatic heterocycles. The summed E-state index contributed by atoms with van der Waals surface area (Å²) < 4.78 is 5.02. The number of benzene rings is 1. The molecule has 1 aromatic carbocycles. The zero-order valence-electron chi connectivity index (χ0n) is 17.2. The van der Waals surface area contributed by atoms with Gasteiger partial charge in [0.2, 0.25) is 5.91 Å². The van der Waals surface area contributed by atoms with Gasteiger partial charge in [0.25, 0.3) is 5.69 Å². The molecule has 4 rings (SSSR count). The maximum atomic E-state index is 12.8. The van der Waals surface area contributed by atoms with Crippen LogP contribution in [0.5, 0.6) is 0 Å². The summed E-state index contributed by atoms with van der Waals surface area (Å²) in [5.41, 5.74) is 2.26. The number of hydrogen-bond acceptors (Lipinski definition) is 8. The lowest BCUT2D eigenvalue weighted by Gasteiger charge is -2.36. The molecule has 0 aromatic heterocycles. The van der Waals surface area contributed by atoms with Crippen molar-refractivity contribution in [2.24, 2.45) is 4.99 Å². The van der Waals surface area contributed by atoms with Crippen LogP contribution >= 0.6 is 11.8 Å². The number of carbonyl (C=O) groups excluding carboxylic acids is 2. The number of nitro benzene ring substituents is 1. The summed E-state index contributed by atoms with van der Waals surface area (Å²) in [6.07, 6.45) is 2.22. The van der Waals surface area contributed by atoms with Crippen molar-refractivity contribution in [2.45, 2.75) is 32.2 Å². The van der Waals surface area contributed by atoms with Crippen LogP contribution in [0, 0.1) is 10.1 Å². The molecule has 1 atom stereocenters. The van der Waals surface area contributed by atoms with Crippen molar-refractivity contribution in [3.8, 4) is 0 Å². The fourth-order valence-electron chi connectivity index (χ4n) is 4.07. The zero-order valence-corrected chi connectivity index (χ0v) is 18.1. The molecule has 3 heterocycles. The van der Waals surface area contributed by atoms with Crippen LogP contribution < -0.4 is 0 Å². The van der Waals surface area contributed by atoms with Crippen LogP contribution in [0.15, 0.2) is 51.6 Å². The van der Waals surface area contributed by atoms with Crippen molar-refractivity contribution in [3.05, 3.63) is 62.3 Å². The van der Waals surface area contributed by atoms with E-state index in [1.165, 1.54) is 31.0 Å². The monoisotopic (exact) mass is 442 g/mol. The van der Waals surface area contributed by atoms with Gasteiger partial charge in [-0.3, -0.25) is 14.9 Å². The van der Waals surface area contributed by atoms with Gasteiger partial charge in [0, 0.05) is 30.9 Å². The molecule has 0 saturated carbocycles. The van der Waals surface area contributed by atoms with E-state index in [0.29, 0.717) is 22.0 Å². The van der Waals surface area contributed by atoms with Gasteiger partial charge in [-0.05, 0) is 42.9 Å². The van der Waals surface area contributed by atoms with Gasteiger partial charge in [0.15, 0.2) is 5.17 Å². The van der Waals surface area contributed by atoms with Gasteiger partial charge in [-0.1, -0.05) is 11.8 Å². The van der Waals surface area contributed by atoms with Crippen LogP contribution in [-0.4, -0.2) is 52.0 Å². The topological polar surface area (TPSA) is 105 Å². The molecule has 0 aliphatic carbocycles. The molecular formula is C21H22N4O5S. The molecule has 1 amide bonds.